The lowest BCUT2D eigenvalue weighted by molar-refractivity contribution is 0.0947. The Labute approximate surface area is 202 Å². The van der Waals surface area contributed by atoms with E-state index in [-0.39, 0.29) is 17.6 Å². The second-order valence-electron chi connectivity index (χ2n) is 8.39. The predicted molar refractivity (Wildman–Crippen MR) is 130 cm³/mol. The highest BCUT2D eigenvalue weighted by molar-refractivity contribution is 6.31. The molecule has 2 amide bonds. The fraction of sp³-hybridized carbons (Fsp3) is 0.280. The minimum absolute atomic E-state index is 0.0452. The van der Waals surface area contributed by atoms with Crippen molar-refractivity contribution in [3.63, 3.8) is 0 Å². The van der Waals surface area contributed by atoms with Gasteiger partial charge in [0.15, 0.2) is 0 Å². The van der Waals surface area contributed by atoms with Gasteiger partial charge in [-0.1, -0.05) is 29.8 Å². The molecule has 1 saturated carbocycles. The first-order valence-electron chi connectivity index (χ1n) is 11.1. The Kier molecular flexibility index (Phi) is 7.27. The molecule has 2 heterocycles. The van der Waals surface area contributed by atoms with Crippen LogP contribution in [0.1, 0.15) is 51.7 Å². The van der Waals surface area contributed by atoms with Crippen LogP contribution in [0.3, 0.4) is 0 Å². The van der Waals surface area contributed by atoms with Crippen LogP contribution in [0.2, 0.25) is 5.02 Å². The highest BCUT2D eigenvalue weighted by Crippen LogP contribution is 2.30. The number of hydrogen-bond donors (Lipinski definition) is 2. The summed E-state index contributed by atoms with van der Waals surface area (Å²) in [5.41, 5.74) is 7.42. The van der Waals surface area contributed by atoms with E-state index in [0.717, 1.165) is 23.5 Å². The molecule has 1 fully saturated rings. The fourth-order valence-electron chi connectivity index (χ4n) is 3.27. The number of nitrogens with one attached hydrogen (secondary N) is 1. The van der Waals surface area contributed by atoms with Gasteiger partial charge >= 0.3 is 0 Å². The average Bonchev–Trinajstić information content (AvgIpc) is 3.55. The van der Waals surface area contributed by atoms with Gasteiger partial charge < -0.3 is 15.8 Å². The van der Waals surface area contributed by atoms with Gasteiger partial charge in [0.25, 0.3) is 11.8 Å². The van der Waals surface area contributed by atoms with E-state index in [0.29, 0.717) is 23.0 Å². The van der Waals surface area contributed by atoms with E-state index in [1.165, 1.54) is 31.2 Å². The molecule has 176 valence electrons. The Morgan fingerprint density at radius 3 is 2.88 bits per heavy atom. The topological polar surface area (TPSA) is 112 Å². The number of primary amides is 1. The zero-order valence-electron chi connectivity index (χ0n) is 18.8. The average molecular weight is 480 g/mol. The van der Waals surface area contributed by atoms with Crippen molar-refractivity contribution in [1.82, 2.24) is 20.1 Å². The number of rotatable bonds is 10. The molecule has 1 aromatic carbocycles. The summed E-state index contributed by atoms with van der Waals surface area (Å²) in [6.45, 7) is 3.13. The van der Waals surface area contributed by atoms with E-state index in [1.54, 1.807) is 10.9 Å². The lowest BCUT2D eigenvalue weighted by Crippen LogP contribution is -2.31. The second-order valence-corrected chi connectivity index (χ2v) is 8.80. The number of nitrogens with two attached hydrogens (primary N) is 1. The summed E-state index contributed by atoms with van der Waals surface area (Å²) in [6, 6.07) is 8.39. The molecule has 0 aliphatic heterocycles. The summed E-state index contributed by atoms with van der Waals surface area (Å²) in [5.74, 6) is 0.476. The van der Waals surface area contributed by atoms with Crippen molar-refractivity contribution in [2.75, 3.05) is 6.61 Å². The van der Waals surface area contributed by atoms with Crippen LogP contribution in [-0.4, -0.2) is 39.2 Å². The molecule has 1 atom stereocenters. The molecule has 1 aliphatic rings. The van der Waals surface area contributed by atoms with Gasteiger partial charge in [-0.2, -0.15) is 5.10 Å². The van der Waals surface area contributed by atoms with Gasteiger partial charge in [0.05, 0.1) is 19.3 Å². The SMILES string of the molecule is C[C@@H](/C=C/c1cnn(Cc2ccc(OCC3CC3)cc2Cl)c1)NC(=O)c1ccnc(C(N)=O)c1. The first-order chi connectivity index (χ1) is 16.4. The van der Waals surface area contributed by atoms with Crippen LogP contribution in [0.15, 0.2) is 55.0 Å². The smallest absolute Gasteiger partial charge is 0.267 e. The van der Waals surface area contributed by atoms with Crippen molar-refractivity contribution in [3.8, 4) is 5.75 Å². The number of nitrogens with zero attached hydrogens (tertiary/aromatic N) is 3. The lowest BCUT2D eigenvalue weighted by atomic mass is 10.2. The molecular formula is C25H26ClN5O3. The maximum atomic E-state index is 12.4. The molecule has 0 saturated heterocycles. The molecule has 4 rings (SSSR count). The molecule has 8 nitrogen and oxygen atoms in total. The Morgan fingerprint density at radius 2 is 2.15 bits per heavy atom. The van der Waals surface area contributed by atoms with Crippen molar-refractivity contribution in [2.24, 2.45) is 11.7 Å². The summed E-state index contributed by atoms with van der Waals surface area (Å²) in [6.07, 6.45) is 11.3. The maximum Gasteiger partial charge on any atom is 0.267 e. The Bertz CT molecular complexity index is 1220. The summed E-state index contributed by atoms with van der Waals surface area (Å²) in [4.78, 5) is 27.5. The van der Waals surface area contributed by atoms with E-state index in [2.05, 4.69) is 15.4 Å². The fourth-order valence-corrected chi connectivity index (χ4v) is 3.50. The van der Waals surface area contributed by atoms with Gasteiger partial charge in [0, 0.05) is 34.6 Å². The molecule has 0 bridgehead atoms. The quantitative estimate of drug-likeness (QED) is 0.460. The van der Waals surface area contributed by atoms with Gasteiger partial charge in [-0.15, -0.1) is 0 Å². The summed E-state index contributed by atoms with van der Waals surface area (Å²) >= 11 is 6.44. The minimum Gasteiger partial charge on any atom is -0.493 e. The third kappa shape index (κ3) is 6.45. The Morgan fingerprint density at radius 1 is 1.32 bits per heavy atom. The van der Waals surface area contributed by atoms with Crippen LogP contribution in [0.5, 0.6) is 5.75 Å². The molecule has 3 aromatic rings. The summed E-state index contributed by atoms with van der Waals surface area (Å²) in [7, 11) is 0. The number of pyridine rings is 1. The van der Waals surface area contributed by atoms with Crippen molar-refractivity contribution >= 4 is 29.5 Å². The van der Waals surface area contributed by atoms with E-state index in [9.17, 15) is 9.59 Å². The van der Waals surface area contributed by atoms with Gasteiger partial charge in [-0.05, 0) is 55.5 Å². The zero-order chi connectivity index (χ0) is 24.1. The zero-order valence-corrected chi connectivity index (χ0v) is 19.5. The molecule has 0 unspecified atom stereocenters. The van der Waals surface area contributed by atoms with E-state index in [1.807, 2.05) is 43.5 Å². The first-order valence-corrected chi connectivity index (χ1v) is 11.4. The van der Waals surface area contributed by atoms with Crippen LogP contribution < -0.4 is 15.8 Å². The molecule has 0 spiro atoms. The van der Waals surface area contributed by atoms with Gasteiger partial charge in [0.1, 0.15) is 11.4 Å². The Hall–Kier alpha value is -3.65. The summed E-state index contributed by atoms with van der Waals surface area (Å²) in [5, 5.41) is 7.89. The monoisotopic (exact) mass is 479 g/mol. The third-order valence-corrected chi connectivity index (χ3v) is 5.76. The minimum atomic E-state index is -0.682. The van der Waals surface area contributed by atoms with Crippen molar-refractivity contribution in [2.45, 2.75) is 32.4 Å². The molecule has 3 N–H and O–H groups in total. The number of ether oxygens (including phenoxy) is 1. The first kappa shape index (κ1) is 23.5. The Balaban J connectivity index is 1.31. The lowest BCUT2D eigenvalue weighted by Gasteiger charge is -2.10. The van der Waals surface area contributed by atoms with Gasteiger partial charge in [-0.25, -0.2) is 0 Å². The van der Waals surface area contributed by atoms with Crippen LogP contribution in [0, 0.1) is 5.92 Å². The van der Waals surface area contributed by atoms with Crippen LogP contribution in [0.25, 0.3) is 6.08 Å². The molecule has 34 heavy (non-hydrogen) atoms. The number of aromatic nitrogens is 3. The predicted octanol–water partition coefficient (Wildman–Crippen LogP) is 3.70. The van der Waals surface area contributed by atoms with Gasteiger partial charge in [-0.3, -0.25) is 19.3 Å². The highest BCUT2D eigenvalue weighted by atomic mass is 35.5. The maximum absolute atomic E-state index is 12.4. The number of amides is 2. The number of benzene rings is 1. The largest absolute Gasteiger partial charge is 0.493 e. The number of hydrogen-bond acceptors (Lipinski definition) is 5. The van der Waals surface area contributed by atoms with Crippen molar-refractivity contribution in [1.29, 1.82) is 0 Å². The second kappa shape index (κ2) is 10.5. The van der Waals surface area contributed by atoms with Crippen molar-refractivity contribution in [3.05, 3.63) is 82.4 Å². The molecule has 2 aromatic heterocycles. The number of halogens is 1. The van der Waals surface area contributed by atoms with E-state index in [4.69, 9.17) is 22.1 Å². The van der Waals surface area contributed by atoms with Crippen LogP contribution in [0.4, 0.5) is 0 Å². The standard InChI is InChI=1S/C25H26ClN5O3/c1-16(30-25(33)19-8-9-28-23(10-19)24(27)32)2-3-18-12-29-31(13-18)14-20-6-7-21(11-22(20)26)34-15-17-4-5-17/h2-3,6-13,16-17H,4-5,14-15H2,1H3,(H2,27,32)(H,30,33)/b3-2+/t16-/m0/s1. The van der Waals surface area contributed by atoms with Gasteiger partial charge in [0.2, 0.25) is 0 Å². The van der Waals surface area contributed by atoms with Crippen LogP contribution in [-0.2, 0) is 6.54 Å². The molecule has 1 aliphatic carbocycles. The molecule has 9 heteroatoms. The number of carbonyl (C=O) groups is 2. The van der Waals surface area contributed by atoms with Crippen LogP contribution >= 0.6 is 11.6 Å². The summed E-state index contributed by atoms with van der Waals surface area (Å²) < 4.78 is 7.58. The highest BCUT2D eigenvalue weighted by Gasteiger charge is 2.22. The van der Waals surface area contributed by atoms with E-state index < -0.39 is 5.91 Å². The number of carbonyl (C=O) groups excluding carboxylic acids is 2. The third-order valence-electron chi connectivity index (χ3n) is 5.40. The molecule has 0 radical (unpaired) electrons. The molecular weight excluding hydrogens is 454 g/mol. The van der Waals surface area contributed by atoms with E-state index >= 15 is 0 Å². The normalized spacial score (nSPS) is 14.2. The van der Waals surface area contributed by atoms with Crippen molar-refractivity contribution < 1.29 is 14.3 Å².